The number of carbonyl (C=O) groups is 1. The van der Waals surface area contributed by atoms with E-state index >= 15 is 0 Å². The molecule has 2 heterocycles. The first-order chi connectivity index (χ1) is 20.0. The van der Waals surface area contributed by atoms with Crippen molar-refractivity contribution in [1.82, 2.24) is 0 Å². The SMILES string of the molecule is COc1ccc(C(=O)Nc2cc3ccc(O[C@@H]4OC(C)(C)C(OC)C(O)[C@@H]4O)c(C)c3oc2=O)cc1-c1ccccc1. The third-order valence-electron chi connectivity index (χ3n) is 7.44. The molecule has 0 spiro atoms. The molecule has 1 aliphatic rings. The number of amides is 1. The zero-order chi connectivity index (χ0) is 30.2. The summed E-state index contributed by atoms with van der Waals surface area (Å²) in [5.74, 6) is 0.411. The van der Waals surface area contributed by atoms with Crippen molar-refractivity contribution in [3.8, 4) is 22.6 Å². The number of benzene rings is 3. The van der Waals surface area contributed by atoms with Gasteiger partial charge in [0.1, 0.15) is 41.1 Å². The zero-order valence-corrected chi connectivity index (χ0v) is 23.9. The van der Waals surface area contributed by atoms with Gasteiger partial charge in [-0.15, -0.1) is 0 Å². The molecule has 4 atom stereocenters. The molecule has 0 radical (unpaired) electrons. The predicted molar refractivity (Wildman–Crippen MR) is 156 cm³/mol. The van der Waals surface area contributed by atoms with E-state index in [0.29, 0.717) is 22.3 Å². The second kappa shape index (κ2) is 11.6. The molecule has 1 saturated heterocycles. The summed E-state index contributed by atoms with van der Waals surface area (Å²) in [7, 11) is 2.99. The smallest absolute Gasteiger partial charge is 0.360 e. The Kier molecular flexibility index (Phi) is 8.07. The lowest BCUT2D eigenvalue weighted by atomic mass is 9.89. The van der Waals surface area contributed by atoms with E-state index in [1.807, 2.05) is 30.3 Å². The van der Waals surface area contributed by atoms with Gasteiger partial charge >= 0.3 is 5.63 Å². The van der Waals surface area contributed by atoms with E-state index in [9.17, 15) is 19.8 Å². The van der Waals surface area contributed by atoms with Gasteiger partial charge in [-0.1, -0.05) is 30.3 Å². The Morgan fingerprint density at radius 2 is 1.67 bits per heavy atom. The average molecular weight is 576 g/mol. The van der Waals surface area contributed by atoms with E-state index in [-0.39, 0.29) is 17.0 Å². The van der Waals surface area contributed by atoms with Crippen molar-refractivity contribution in [3.63, 3.8) is 0 Å². The van der Waals surface area contributed by atoms with Crippen LogP contribution in [0, 0.1) is 6.92 Å². The maximum atomic E-state index is 13.2. The summed E-state index contributed by atoms with van der Waals surface area (Å²) in [5.41, 5.74) is 0.939. The third kappa shape index (κ3) is 5.49. The van der Waals surface area contributed by atoms with Crippen LogP contribution in [0.3, 0.4) is 0 Å². The van der Waals surface area contributed by atoms with E-state index in [1.54, 1.807) is 58.2 Å². The number of aliphatic hydroxyl groups is 2. The van der Waals surface area contributed by atoms with Gasteiger partial charge in [-0.25, -0.2) is 4.79 Å². The highest BCUT2D eigenvalue weighted by atomic mass is 16.7. The molecule has 3 N–H and O–H groups in total. The van der Waals surface area contributed by atoms with Gasteiger partial charge in [-0.05, 0) is 62.7 Å². The number of aliphatic hydroxyl groups excluding tert-OH is 2. The normalized spacial score (nSPS) is 21.6. The molecule has 0 saturated carbocycles. The number of rotatable bonds is 7. The van der Waals surface area contributed by atoms with Crippen LogP contribution in [0.1, 0.15) is 29.8 Å². The minimum absolute atomic E-state index is 0.0286. The van der Waals surface area contributed by atoms with Gasteiger partial charge < -0.3 is 38.9 Å². The fraction of sp³-hybridized carbons (Fsp3) is 0.312. The van der Waals surface area contributed by atoms with E-state index in [2.05, 4.69) is 5.32 Å². The quantitative estimate of drug-likeness (QED) is 0.276. The maximum absolute atomic E-state index is 13.2. The molecule has 10 nitrogen and oxygen atoms in total. The highest BCUT2D eigenvalue weighted by Crippen LogP contribution is 2.35. The Hall–Kier alpha value is -4.22. The fourth-order valence-corrected chi connectivity index (χ4v) is 5.24. The van der Waals surface area contributed by atoms with E-state index < -0.39 is 41.7 Å². The Bertz CT molecular complexity index is 1660. The van der Waals surface area contributed by atoms with Crippen LogP contribution in [0.2, 0.25) is 0 Å². The van der Waals surface area contributed by atoms with Gasteiger partial charge in [0, 0.05) is 29.2 Å². The second-order valence-corrected chi connectivity index (χ2v) is 10.6. The van der Waals surface area contributed by atoms with Crippen LogP contribution in [0.15, 0.2) is 75.9 Å². The summed E-state index contributed by atoms with van der Waals surface area (Å²) < 4.78 is 28.2. The van der Waals surface area contributed by atoms with E-state index in [0.717, 1.165) is 11.1 Å². The minimum atomic E-state index is -1.39. The lowest BCUT2D eigenvalue weighted by Gasteiger charge is -2.46. The van der Waals surface area contributed by atoms with Crippen molar-refractivity contribution in [2.45, 2.75) is 51.0 Å². The number of nitrogens with one attached hydrogen (secondary N) is 1. The molecule has 2 unspecified atom stereocenters. The van der Waals surface area contributed by atoms with Crippen LogP contribution in [0.5, 0.6) is 11.5 Å². The Morgan fingerprint density at radius 1 is 0.952 bits per heavy atom. The lowest BCUT2D eigenvalue weighted by molar-refractivity contribution is -0.306. The summed E-state index contributed by atoms with van der Waals surface area (Å²) >= 11 is 0. The number of aryl methyl sites for hydroxylation is 1. The van der Waals surface area contributed by atoms with Crippen molar-refractivity contribution >= 4 is 22.6 Å². The molecular weight excluding hydrogens is 542 g/mol. The molecule has 4 aromatic rings. The van der Waals surface area contributed by atoms with Crippen molar-refractivity contribution in [1.29, 1.82) is 0 Å². The summed E-state index contributed by atoms with van der Waals surface area (Å²) in [6, 6.07) is 19.4. The molecule has 1 fully saturated rings. The number of carbonyl (C=O) groups excluding carboxylic acids is 1. The summed E-state index contributed by atoms with van der Waals surface area (Å²) in [6.45, 7) is 5.14. The van der Waals surface area contributed by atoms with Gasteiger partial charge in [-0.2, -0.15) is 0 Å². The lowest BCUT2D eigenvalue weighted by Crippen LogP contribution is -2.63. The van der Waals surface area contributed by atoms with Crippen LogP contribution in [-0.4, -0.2) is 60.5 Å². The summed E-state index contributed by atoms with van der Waals surface area (Å²) in [5, 5.41) is 24.3. The first-order valence-electron chi connectivity index (χ1n) is 13.4. The van der Waals surface area contributed by atoms with E-state index in [1.165, 1.54) is 13.2 Å². The summed E-state index contributed by atoms with van der Waals surface area (Å²) in [6.07, 6.45) is -4.60. The first-order valence-corrected chi connectivity index (χ1v) is 13.4. The minimum Gasteiger partial charge on any atom is -0.496 e. The molecule has 1 aliphatic heterocycles. The Morgan fingerprint density at radius 3 is 2.36 bits per heavy atom. The molecule has 0 bridgehead atoms. The van der Waals surface area contributed by atoms with Crippen LogP contribution in [0.25, 0.3) is 22.1 Å². The number of anilines is 1. The van der Waals surface area contributed by atoms with Crippen molar-refractivity contribution in [2.24, 2.45) is 0 Å². The molecular formula is C32H33NO9. The molecule has 1 amide bonds. The van der Waals surface area contributed by atoms with Gasteiger partial charge in [0.15, 0.2) is 0 Å². The molecule has 10 heteroatoms. The standard InChI is InChI=1S/C32H33NO9/c1-17-23(40-31-26(35)25(34)28(39-5)32(2,3)42-31)13-11-19-16-22(30(37)41-27(17)19)33-29(36)20-12-14-24(38-4)21(15-20)18-9-7-6-8-10-18/h6-16,25-26,28,31,34-35H,1-5H3,(H,33,36)/t25?,26-,28?,31+/m0/s1. The molecule has 3 aromatic carbocycles. The molecule has 5 rings (SSSR count). The molecule has 220 valence electrons. The molecule has 0 aliphatic carbocycles. The first kappa shape index (κ1) is 29.3. The zero-order valence-electron chi connectivity index (χ0n) is 23.9. The summed E-state index contributed by atoms with van der Waals surface area (Å²) in [4.78, 5) is 26.1. The topological polar surface area (TPSA) is 137 Å². The third-order valence-corrected chi connectivity index (χ3v) is 7.44. The number of methoxy groups -OCH3 is 2. The van der Waals surface area contributed by atoms with Crippen LogP contribution in [-0.2, 0) is 9.47 Å². The average Bonchev–Trinajstić information content (AvgIpc) is 2.98. The van der Waals surface area contributed by atoms with Crippen LogP contribution >= 0.6 is 0 Å². The van der Waals surface area contributed by atoms with Crippen molar-refractivity contribution in [2.75, 3.05) is 19.5 Å². The van der Waals surface area contributed by atoms with Gasteiger partial charge in [0.25, 0.3) is 5.91 Å². The van der Waals surface area contributed by atoms with Crippen molar-refractivity contribution in [3.05, 3.63) is 88.3 Å². The number of hydrogen-bond donors (Lipinski definition) is 3. The molecule has 1 aromatic heterocycles. The molecule has 42 heavy (non-hydrogen) atoms. The monoisotopic (exact) mass is 575 g/mol. The van der Waals surface area contributed by atoms with E-state index in [4.69, 9.17) is 23.4 Å². The highest BCUT2D eigenvalue weighted by molar-refractivity contribution is 6.05. The Labute approximate surface area is 242 Å². The van der Waals surface area contributed by atoms with Crippen LogP contribution < -0.4 is 20.4 Å². The fourth-order valence-electron chi connectivity index (χ4n) is 5.24. The Balaban J connectivity index is 1.40. The number of ether oxygens (including phenoxy) is 4. The van der Waals surface area contributed by atoms with Gasteiger partial charge in [0.05, 0.1) is 12.7 Å². The van der Waals surface area contributed by atoms with Gasteiger partial charge in [0.2, 0.25) is 6.29 Å². The predicted octanol–water partition coefficient (Wildman–Crippen LogP) is 4.28. The van der Waals surface area contributed by atoms with Gasteiger partial charge in [-0.3, -0.25) is 4.79 Å². The maximum Gasteiger partial charge on any atom is 0.360 e. The number of fused-ring (bicyclic) bond motifs is 1. The van der Waals surface area contributed by atoms with Crippen LogP contribution in [0.4, 0.5) is 5.69 Å². The van der Waals surface area contributed by atoms with Crippen molar-refractivity contribution < 1.29 is 38.4 Å². The number of hydrogen-bond acceptors (Lipinski definition) is 9. The highest BCUT2D eigenvalue weighted by Gasteiger charge is 2.50. The largest absolute Gasteiger partial charge is 0.496 e. The second-order valence-electron chi connectivity index (χ2n) is 10.6.